The molecule has 0 spiro atoms. The first kappa shape index (κ1) is 27.2. The van der Waals surface area contributed by atoms with Crippen molar-refractivity contribution in [3.63, 3.8) is 0 Å². The summed E-state index contributed by atoms with van der Waals surface area (Å²) in [4.78, 5) is 23.5. The van der Waals surface area contributed by atoms with E-state index in [4.69, 9.17) is 0 Å². The monoisotopic (exact) mass is 570 g/mol. The van der Waals surface area contributed by atoms with Gasteiger partial charge in [0.25, 0.3) is 6.43 Å². The van der Waals surface area contributed by atoms with Crippen molar-refractivity contribution < 1.29 is 39.6 Å². The number of hydrogen-bond acceptors (Lipinski definition) is 6. The Morgan fingerprint density at radius 2 is 1.67 bits per heavy atom. The number of rotatable bonds is 8. The Kier molecular flexibility index (Phi) is 6.95. The third-order valence-electron chi connectivity index (χ3n) is 7.05. The highest BCUT2D eigenvalue weighted by Crippen LogP contribution is 2.49. The number of carbonyl (C=O) groups excluding carboxylic acids is 1. The molecule has 3 fully saturated rings. The summed E-state index contributed by atoms with van der Waals surface area (Å²) in [5, 5.41) is 0. The minimum atomic E-state index is -4.75. The standard InChI is InChI=1S/C25H20F6N4O3S/c26-16-2-4-18(5-3-16)39(37,38)35-17-7-14(8-17)22(35)21(36)6-1-13-9-20(32-12-19(13)23(27)28)15-10-33-24(34-11-15)25(29,30)31/h2-5,9-12,14,17,22-23H,1,6-8H2/t14?,17?,22-/m0/s1. The number of hydrogen-bond donors (Lipinski definition) is 0. The van der Waals surface area contributed by atoms with Gasteiger partial charge in [-0.1, -0.05) is 0 Å². The van der Waals surface area contributed by atoms with Crippen molar-refractivity contribution in [2.45, 2.75) is 55.3 Å². The number of fused-ring (bicyclic) bond motifs is 1. The van der Waals surface area contributed by atoms with E-state index in [1.807, 2.05) is 0 Å². The molecule has 39 heavy (non-hydrogen) atoms. The van der Waals surface area contributed by atoms with E-state index >= 15 is 0 Å². The van der Waals surface area contributed by atoms with Crippen LogP contribution in [0.1, 0.15) is 42.6 Å². The van der Waals surface area contributed by atoms with Crippen LogP contribution in [-0.4, -0.2) is 45.5 Å². The number of halogens is 6. The summed E-state index contributed by atoms with van der Waals surface area (Å²) in [7, 11) is -4.10. The molecule has 1 aliphatic carbocycles. The van der Waals surface area contributed by atoms with E-state index in [-0.39, 0.29) is 46.5 Å². The molecular formula is C25H20F6N4O3S. The van der Waals surface area contributed by atoms with Crippen LogP contribution in [0.15, 0.2) is 53.8 Å². The predicted octanol–water partition coefficient (Wildman–Crippen LogP) is 4.99. The molecule has 1 saturated carbocycles. The second kappa shape index (κ2) is 9.97. The minimum absolute atomic E-state index is 0.0409. The third kappa shape index (κ3) is 5.14. The molecule has 2 aromatic heterocycles. The first-order valence-corrected chi connectivity index (χ1v) is 13.3. The number of aromatic nitrogens is 3. The van der Waals surface area contributed by atoms with E-state index in [1.165, 1.54) is 6.07 Å². The number of sulfonamides is 1. The summed E-state index contributed by atoms with van der Waals surface area (Å²) in [5.74, 6) is -2.62. The number of alkyl halides is 5. The molecule has 4 heterocycles. The van der Waals surface area contributed by atoms with Crippen LogP contribution in [0.5, 0.6) is 0 Å². The smallest absolute Gasteiger partial charge is 0.298 e. The molecule has 0 unspecified atom stereocenters. The lowest BCUT2D eigenvalue weighted by atomic mass is 9.81. The first-order chi connectivity index (χ1) is 18.4. The van der Waals surface area contributed by atoms with Crippen LogP contribution in [0, 0.1) is 11.7 Å². The zero-order valence-corrected chi connectivity index (χ0v) is 20.8. The molecule has 1 aromatic carbocycles. The molecule has 3 aliphatic rings. The van der Waals surface area contributed by atoms with Gasteiger partial charge < -0.3 is 0 Å². The highest BCUT2D eigenvalue weighted by Gasteiger charge is 2.58. The summed E-state index contributed by atoms with van der Waals surface area (Å²) in [6.07, 6.45) is -4.50. The molecule has 6 rings (SSSR count). The second-order valence-corrected chi connectivity index (χ2v) is 11.3. The fourth-order valence-corrected chi connectivity index (χ4v) is 6.98. The lowest BCUT2D eigenvalue weighted by molar-refractivity contribution is -0.145. The van der Waals surface area contributed by atoms with E-state index in [9.17, 15) is 39.6 Å². The van der Waals surface area contributed by atoms with Crippen molar-refractivity contribution in [3.05, 3.63) is 71.7 Å². The molecule has 7 nitrogen and oxygen atoms in total. The highest BCUT2D eigenvalue weighted by molar-refractivity contribution is 7.89. The number of Topliss-reactive ketones (excluding diaryl/α,β-unsaturated/α-hetero) is 1. The van der Waals surface area contributed by atoms with Gasteiger partial charge in [0.2, 0.25) is 15.8 Å². The number of nitrogens with zero attached hydrogens (tertiary/aromatic N) is 4. The molecule has 2 bridgehead atoms. The van der Waals surface area contributed by atoms with Crippen molar-refractivity contribution in [1.82, 2.24) is 19.3 Å². The molecule has 2 aliphatic heterocycles. The highest BCUT2D eigenvalue weighted by atomic mass is 32.2. The van der Waals surface area contributed by atoms with E-state index < -0.39 is 51.7 Å². The van der Waals surface area contributed by atoms with E-state index in [0.29, 0.717) is 12.8 Å². The van der Waals surface area contributed by atoms with Gasteiger partial charge in [0.05, 0.1) is 16.6 Å². The van der Waals surface area contributed by atoms with Crippen LogP contribution in [0.3, 0.4) is 0 Å². The maximum absolute atomic E-state index is 13.7. The Labute approximate surface area is 219 Å². The van der Waals surface area contributed by atoms with Gasteiger partial charge in [0, 0.05) is 42.2 Å². The van der Waals surface area contributed by atoms with Gasteiger partial charge in [-0.15, -0.1) is 0 Å². The van der Waals surface area contributed by atoms with Gasteiger partial charge in [-0.05, 0) is 61.1 Å². The number of aryl methyl sites for hydroxylation is 1. The number of pyridine rings is 1. The Bertz CT molecular complexity index is 1490. The van der Waals surface area contributed by atoms with Gasteiger partial charge >= 0.3 is 6.18 Å². The van der Waals surface area contributed by atoms with Crippen LogP contribution >= 0.6 is 0 Å². The summed E-state index contributed by atoms with van der Waals surface area (Å²) < 4.78 is 107. The lowest BCUT2D eigenvalue weighted by Crippen LogP contribution is -2.41. The summed E-state index contributed by atoms with van der Waals surface area (Å²) in [6.45, 7) is 0. The van der Waals surface area contributed by atoms with Gasteiger partial charge in [-0.3, -0.25) is 9.78 Å². The average molecular weight is 571 g/mol. The normalized spacial score (nSPS) is 21.3. The fourth-order valence-electron chi connectivity index (χ4n) is 5.10. The Morgan fingerprint density at radius 3 is 2.26 bits per heavy atom. The topological polar surface area (TPSA) is 93.1 Å². The third-order valence-corrected chi connectivity index (χ3v) is 9.00. The van der Waals surface area contributed by atoms with Crippen LogP contribution in [0.25, 0.3) is 11.3 Å². The van der Waals surface area contributed by atoms with Crippen molar-refractivity contribution in [3.8, 4) is 11.3 Å². The fraction of sp³-hybridized carbons (Fsp3) is 0.360. The van der Waals surface area contributed by atoms with E-state index in [2.05, 4.69) is 15.0 Å². The van der Waals surface area contributed by atoms with Crippen molar-refractivity contribution in [2.75, 3.05) is 0 Å². The van der Waals surface area contributed by atoms with Crippen LogP contribution in [0.2, 0.25) is 0 Å². The summed E-state index contributed by atoms with van der Waals surface area (Å²) >= 11 is 0. The van der Waals surface area contributed by atoms with Crippen molar-refractivity contribution in [2.24, 2.45) is 5.92 Å². The maximum atomic E-state index is 13.7. The molecule has 3 aromatic rings. The minimum Gasteiger partial charge on any atom is -0.298 e. The molecule has 0 N–H and O–H groups in total. The summed E-state index contributed by atoms with van der Waals surface area (Å²) in [5.41, 5.74) is -0.309. The van der Waals surface area contributed by atoms with Crippen molar-refractivity contribution >= 4 is 15.8 Å². The first-order valence-electron chi connectivity index (χ1n) is 11.8. The van der Waals surface area contributed by atoms with Crippen LogP contribution in [-0.2, 0) is 27.4 Å². The average Bonchev–Trinajstić information content (AvgIpc) is 3.45. The number of carbonyl (C=O) groups is 1. The lowest BCUT2D eigenvalue weighted by Gasteiger charge is -2.25. The molecule has 0 radical (unpaired) electrons. The molecule has 14 heteroatoms. The summed E-state index contributed by atoms with van der Waals surface area (Å²) in [6, 6.07) is 4.17. The van der Waals surface area contributed by atoms with E-state index in [0.717, 1.165) is 47.2 Å². The molecular weight excluding hydrogens is 550 g/mol. The maximum Gasteiger partial charge on any atom is 0.451 e. The molecule has 2 saturated heterocycles. The Balaban J connectivity index is 1.37. The molecule has 1 atom stereocenters. The SMILES string of the molecule is O=C(CCc1cc(-c2cnc(C(F)(F)F)nc2)ncc1C(F)F)[C@@H]1C2CC(C2)N1S(=O)(=O)c1ccc(F)cc1. The zero-order valence-electron chi connectivity index (χ0n) is 19.9. The Hall–Kier alpha value is -3.39. The second-order valence-electron chi connectivity index (χ2n) is 9.45. The predicted molar refractivity (Wildman–Crippen MR) is 124 cm³/mol. The van der Waals surface area contributed by atoms with Crippen LogP contribution < -0.4 is 0 Å². The zero-order chi connectivity index (χ0) is 28.1. The number of benzene rings is 1. The van der Waals surface area contributed by atoms with Gasteiger partial charge in [-0.25, -0.2) is 31.6 Å². The van der Waals surface area contributed by atoms with Gasteiger partial charge in [0.1, 0.15) is 5.82 Å². The molecule has 206 valence electrons. The quantitative estimate of drug-likeness (QED) is 0.355. The van der Waals surface area contributed by atoms with Gasteiger partial charge in [0.15, 0.2) is 5.78 Å². The Morgan fingerprint density at radius 1 is 1.03 bits per heavy atom. The van der Waals surface area contributed by atoms with Crippen LogP contribution in [0.4, 0.5) is 26.3 Å². The molecule has 0 amide bonds. The van der Waals surface area contributed by atoms with Crippen molar-refractivity contribution in [1.29, 1.82) is 0 Å². The largest absolute Gasteiger partial charge is 0.451 e. The van der Waals surface area contributed by atoms with Gasteiger partial charge in [-0.2, -0.15) is 17.5 Å². The van der Waals surface area contributed by atoms with E-state index in [1.54, 1.807) is 0 Å². The number of ketones is 1.